The third-order valence-electron chi connectivity index (χ3n) is 2.78. The van der Waals surface area contributed by atoms with Crippen LogP contribution in [0.3, 0.4) is 0 Å². The third kappa shape index (κ3) is 1.14. The Morgan fingerprint density at radius 3 is 2.87 bits per heavy atom. The topological polar surface area (TPSA) is 42.2 Å². The van der Waals surface area contributed by atoms with Crippen molar-refractivity contribution in [1.29, 1.82) is 0 Å². The molecule has 3 nitrogen and oxygen atoms in total. The highest BCUT2D eigenvalue weighted by atomic mass is 79.9. The SMILES string of the molecule is O=C1CCc2cc(Br)cc3cc(O)n1c23. The van der Waals surface area contributed by atoms with Crippen molar-refractivity contribution < 1.29 is 9.90 Å². The second kappa shape index (κ2) is 2.85. The number of hydrogen-bond acceptors (Lipinski definition) is 2. The van der Waals surface area contributed by atoms with Crippen LogP contribution in [-0.2, 0) is 6.42 Å². The molecule has 1 N–H and O–H groups in total. The molecular weight excluding hydrogens is 258 g/mol. The summed E-state index contributed by atoms with van der Waals surface area (Å²) in [4.78, 5) is 11.6. The molecule has 1 aliphatic heterocycles. The Morgan fingerprint density at radius 2 is 2.07 bits per heavy atom. The molecule has 4 heteroatoms. The van der Waals surface area contributed by atoms with Crippen LogP contribution in [0.15, 0.2) is 22.7 Å². The molecule has 2 heterocycles. The minimum absolute atomic E-state index is 0.0303. The summed E-state index contributed by atoms with van der Waals surface area (Å²) in [6.45, 7) is 0. The summed E-state index contributed by atoms with van der Waals surface area (Å²) in [5.41, 5.74) is 1.96. The molecule has 0 amide bonds. The number of benzene rings is 1. The molecule has 0 aliphatic carbocycles. The maximum absolute atomic E-state index is 11.6. The minimum Gasteiger partial charge on any atom is -0.494 e. The summed E-state index contributed by atoms with van der Waals surface area (Å²) in [5.74, 6) is 0.00590. The van der Waals surface area contributed by atoms with E-state index in [9.17, 15) is 9.90 Å². The van der Waals surface area contributed by atoms with E-state index in [1.807, 2.05) is 12.1 Å². The Bertz CT molecular complexity index is 586. The molecular formula is C11H8BrNO2. The number of aromatic hydroxyl groups is 1. The Hall–Kier alpha value is -1.29. The predicted molar refractivity (Wildman–Crippen MR) is 60.3 cm³/mol. The highest BCUT2D eigenvalue weighted by Gasteiger charge is 2.22. The van der Waals surface area contributed by atoms with Gasteiger partial charge in [-0.1, -0.05) is 15.9 Å². The van der Waals surface area contributed by atoms with Gasteiger partial charge in [-0.15, -0.1) is 0 Å². The second-order valence-electron chi connectivity index (χ2n) is 3.73. The van der Waals surface area contributed by atoms with E-state index < -0.39 is 0 Å². The van der Waals surface area contributed by atoms with Crippen molar-refractivity contribution in [1.82, 2.24) is 4.57 Å². The van der Waals surface area contributed by atoms with Gasteiger partial charge in [0.15, 0.2) is 5.88 Å². The fraction of sp³-hybridized carbons (Fsp3) is 0.182. The van der Waals surface area contributed by atoms with Gasteiger partial charge in [-0.3, -0.25) is 9.36 Å². The van der Waals surface area contributed by atoms with E-state index in [1.165, 1.54) is 4.57 Å². The minimum atomic E-state index is -0.0303. The van der Waals surface area contributed by atoms with Gasteiger partial charge < -0.3 is 5.11 Å². The van der Waals surface area contributed by atoms with Crippen LogP contribution in [0.5, 0.6) is 5.88 Å². The van der Waals surface area contributed by atoms with E-state index in [2.05, 4.69) is 15.9 Å². The number of aromatic nitrogens is 1. The number of halogens is 1. The molecule has 0 unspecified atom stereocenters. The maximum Gasteiger partial charge on any atom is 0.234 e. The molecule has 1 aromatic carbocycles. The maximum atomic E-state index is 11.6. The van der Waals surface area contributed by atoms with Crippen molar-refractivity contribution in [3.05, 3.63) is 28.2 Å². The normalized spacial score (nSPS) is 14.9. The fourth-order valence-electron chi connectivity index (χ4n) is 2.18. The van der Waals surface area contributed by atoms with Crippen LogP contribution < -0.4 is 0 Å². The number of nitrogens with zero attached hydrogens (tertiary/aromatic N) is 1. The van der Waals surface area contributed by atoms with E-state index in [0.717, 1.165) is 27.4 Å². The molecule has 0 spiro atoms. The predicted octanol–water partition coefficient (Wildman–Crippen LogP) is 2.70. The quantitative estimate of drug-likeness (QED) is 0.796. The first kappa shape index (κ1) is 8.97. The van der Waals surface area contributed by atoms with Crippen molar-refractivity contribution in [2.45, 2.75) is 12.8 Å². The van der Waals surface area contributed by atoms with Gasteiger partial charge in [0, 0.05) is 22.3 Å². The second-order valence-corrected chi connectivity index (χ2v) is 4.65. The molecule has 0 bridgehead atoms. The molecule has 0 saturated heterocycles. The van der Waals surface area contributed by atoms with Crippen LogP contribution in [0.25, 0.3) is 10.9 Å². The van der Waals surface area contributed by atoms with Crippen molar-refractivity contribution in [2.75, 3.05) is 0 Å². The summed E-state index contributed by atoms with van der Waals surface area (Å²) >= 11 is 3.42. The van der Waals surface area contributed by atoms with Crippen molar-refractivity contribution in [3.63, 3.8) is 0 Å². The van der Waals surface area contributed by atoms with Crippen molar-refractivity contribution in [2.24, 2.45) is 0 Å². The lowest BCUT2D eigenvalue weighted by Crippen LogP contribution is -2.16. The van der Waals surface area contributed by atoms with Crippen LogP contribution in [0.2, 0.25) is 0 Å². The lowest BCUT2D eigenvalue weighted by molar-refractivity contribution is 0.0894. The third-order valence-corrected chi connectivity index (χ3v) is 3.24. The summed E-state index contributed by atoms with van der Waals surface area (Å²) in [6, 6.07) is 5.55. The molecule has 0 radical (unpaired) electrons. The first-order chi connectivity index (χ1) is 7.16. The monoisotopic (exact) mass is 265 g/mol. The number of aryl methyl sites for hydroxylation is 1. The van der Waals surface area contributed by atoms with Gasteiger partial charge in [-0.2, -0.15) is 0 Å². The highest BCUT2D eigenvalue weighted by Crippen LogP contribution is 2.34. The Balaban J connectivity index is 2.52. The standard InChI is InChI=1S/C11H8BrNO2/c12-8-3-6-1-2-9(14)13-10(15)5-7(4-8)11(6)13/h3-5,15H,1-2H2. The van der Waals surface area contributed by atoms with Crippen LogP contribution in [0.4, 0.5) is 0 Å². The van der Waals surface area contributed by atoms with Gasteiger partial charge in [0.1, 0.15) is 0 Å². The Kier molecular flexibility index (Phi) is 1.71. The van der Waals surface area contributed by atoms with Crippen LogP contribution >= 0.6 is 15.9 Å². The van der Waals surface area contributed by atoms with Gasteiger partial charge in [-0.05, 0) is 24.1 Å². The molecule has 76 valence electrons. The van der Waals surface area contributed by atoms with Crippen LogP contribution in [0, 0.1) is 0 Å². The van der Waals surface area contributed by atoms with E-state index in [0.29, 0.717) is 6.42 Å². The first-order valence-electron chi connectivity index (χ1n) is 4.73. The van der Waals surface area contributed by atoms with E-state index in [1.54, 1.807) is 6.07 Å². The largest absolute Gasteiger partial charge is 0.494 e. The number of carbonyl (C=O) groups excluding carboxylic acids is 1. The number of rotatable bonds is 0. The summed E-state index contributed by atoms with van der Waals surface area (Å²) < 4.78 is 2.39. The zero-order valence-electron chi connectivity index (χ0n) is 7.83. The zero-order valence-corrected chi connectivity index (χ0v) is 9.41. The van der Waals surface area contributed by atoms with Gasteiger partial charge in [0.25, 0.3) is 0 Å². The first-order valence-corrected chi connectivity index (χ1v) is 5.52. The van der Waals surface area contributed by atoms with E-state index >= 15 is 0 Å². The lowest BCUT2D eigenvalue weighted by atomic mass is 10.0. The summed E-state index contributed by atoms with van der Waals surface area (Å²) in [6.07, 6.45) is 1.21. The van der Waals surface area contributed by atoms with Crippen molar-refractivity contribution in [3.8, 4) is 5.88 Å². The molecule has 0 fully saturated rings. The Morgan fingerprint density at radius 1 is 1.27 bits per heavy atom. The van der Waals surface area contributed by atoms with Gasteiger partial charge >= 0.3 is 0 Å². The smallest absolute Gasteiger partial charge is 0.234 e. The van der Waals surface area contributed by atoms with Crippen molar-refractivity contribution >= 4 is 32.7 Å². The van der Waals surface area contributed by atoms with E-state index in [4.69, 9.17) is 0 Å². The van der Waals surface area contributed by atoms with Gasteiger partial charge in [0.05, 0.1) is 5.52 Å². The van der Waals surface area contributed by atoms with Crippen LogP contribution in [0.1, 0.15) is 16.8 Å². The number of hydrogen-bond donors (Lipinski definition) is 1. The molecule has 15 heavy (non-hydrogen) atoms. The van der Waals surface area contributed by atoms with E-state index in [-0.39, 0.29) is 11.8 Å². The molecule has 2 aromatic rings. The zero-order chi connectivity index (χ0) is 10.6. The molecule has 3 rings (SSSR count). The molecule has 0 saturated carbocycles. The highest BCUT2D eigenvalue weighted by molar-refractivity contribution is 9.10. The fourth-order valence-corrected chi connectivity index (χ4v) is 2.70. The van der Waals surface area contributed by atoms with Gasteiger partial charge in [-0.25, -0.2) is 0 Å². The summed E-state index contributed by atoms with van der Waals surface area (Å²) in [7, 11) is 0. The summed E-state index contributed by atoms with van der Waals surface area (Å²) in [5, 5.41) is 10.6. The Labute approximate surface area is 94.4 Å². The number of carbonyl (C=O) groups is 1. The van der Waals surface area contributed by atoms with Crippen LogP contribution in [-0.4, -0.2) is 15.6 Å². The molecule has 1 aliphatic rings. The average Bonchev–Trinajstić information content (AvgIpc) is 2.49. The molecule has 1 aromatic heterocycles. The molecule has 0 atom stereocenters. The van der Waals surface area contributed by atoms with Gasteiger partial charge in [0.2, 0.25) is 5.91 Å². The average molecular weight is 266 g/mol. The lowest BCUT2D eigenvalue weighted by Gasteiger charge is -2.14.